The molecule has 1 aromatic carbocycles. The van der Waals surface area contributed by atoms with E-state index < -0.39 is 0 Å². The predicted molar refractivity (Wildman–Crippen MR) is 94.6 cm³/mol. The maximum Gasteiger partial charge on any atom is 0.221 e. The molecule has 2 aromatic rings. The van der Waals surface area contributed by atoms with Gasteiger partial charge >= 0.3 is 0 Å². The van der Waals surface area contributed by atoms with Crippen LogP contribution in [-0.2, 0) is 4.79 Å². The minimum Gasteiger partial charge on any atom is -0.340 e. The van der Waals surface area contributed by atoms with Gasteiger partial charge < -0.3 is 10.6 Å². The van der Waals surface area contributed by atoms with Crippen molar-refractivity contribution in [1.82, 2.24) is 9.97 Å². The van der Waals surface area contributed by atoms with Crippen molar-refractivity contribution in [1.29, 1.82) is 0 Å². The molecule has 0 atom stereocenters. The molecule has 0 bridgehead atoms. The topological polar surface area (TPSA) is 66.9 Å². The van der Waals surface area contributed by atoms with Crippen LogP contribution in [0.5, 0.6) is 0 Å². The highest BCUT2D eigenvalue weighted by Crippen LogP contribution is 2.41. The van der Waals surface area contributed by atoms with E-state index in [9.17, 15) is 4.79 Å². The minimum absolute atomic E-state index is 0.0718. The van der Waals surface area contributed by atoms with Gasteiger partial charge in [0, 0.05) is 41.9 Å². The van der Waals surface area contributed by atoms with Gasteiger partial charge in [-0.1, -0.05) is 12.5 Å². The molecule has 2 aliphatic carbocycles. The maximum atomic E-state index is 11.2. The van der Waals surface area contributed by atoms with Crippen LogP contribution in [0.4, 0.5) is 17.2 Å². The molecule has 4 rings (SSSR count). The number of nitrogens with one attached hydrogen (secondary N) is 2. The van der Waals surface area contributed by atoms with Crippen LogP contribution in [0.25, 0.3) is 0 Å². The van der Waals surface area contributed by atoms with Gasteiger partial charge in [-0.3, -0.25) is 4.79 Å². The number of hydrogen-bond acceptors (Lipinski definition) is 4. The average Bonchev–Trinajstić information content (AvgIpc) is 3.29. The van der Waals surface area contributed by atoms with Gasteiger partial charge in [0.05, 0.1) is 0 Å². The Bertz CT molecular complexity index is 766. The summed E-state index contributed by atoms with van der Waals surface area (Å²) in [5.41, 5.74) is 2.88. The van der Waals surface area contributed by atoms with E-state index in [1.165, 1.54) is 44.7 Å². The third kappa shape index (κ3) is 3.40. The van der Waals surface area contributed by atoms with Gasteiger partial charge in [-0.05, 0) is 43.9 Å². The number of nitrogens with zero attached hydrogens (tertiary/aromatic N) is 2. The van der Waals surface area contributed by atoms with E-state index in [1.54, 1.807) is 0 Å². The van der Waals surface area contributed by atoms with Crippen LogP contribution in [-0.4, -0.2) is 15.9 Å². The molecule has 2 N–H and O–H groups in total. The molecule has 0 aliphatic heterocycles. The molecule has 5 nitrogen and oxygen atoms in total. The summed E-state index contributed by atoms with van der Waals surface area (Å²) in [6, 6.07) is 9.78. The summed E-state index contributed by atoms with van der Waals surface area (Å²) >= 11 is 0. The molecule has 0 spiro atoms. The van der Waals surface area contributed by atoms with E-state index in [0.717, 1.165) is 23.0 Å². The first-order valence-electron chi connectivity index (χ1n) is 8.71. The van der Waals surface area contributed by atoms with E-state index >= 15 is 0 Å². The van der Waals surface area contributed by atoms with Crippen molar-refractivity contribution in [3.8, 4) is 0 Å². The summed E-state index contributed by atoms with van der Waals surface area (Å²) < 4.78 is 0. The predicted octanol–water partition coefficient (Wildman–Crippen LogP) is 4.32. The Labute approximate surface area is 141 Å². The zero-order valence-corrected chi connectivity index (χ0v) is 13.9. The number of anilines is 3. The zero-order valence-electron chi connectivity index (χ0n) is 13.9. The van der Waals surface area contributed by atoms with Crippen molar-refractivity contribution >= 4 is 23.1 Å². The summed E-state index contributed by atoms with van der Waals surface area (Å²) in [4.78, 5) is 20.7. The first kappa shape index (κ1) is 15.1. The second kappa shape index (κ2) is 6.23. The molecule has 24 heavy (non-hydrogen) atoms. The van der Waals surface area contributed by atoms with Crippen LogP contribution < -0.4 is 10.6 Å². The van der Waals surface area contributed by atoms with Crippen molar-refractivity contribution in [3.05, 3.63) is 41.9 Å². The average molecular weight is 322 g/mol. The molecule has 2 fully saturated rings. The molecule has 0 saturated heterocycles. The third-order valence-electron chi connectivity index (χ3n) is 4.68. The Morgan fingerprint density at radius 2 is 1.83 bits per heavy atom. The standard InChI is InChI=1S/C19H22N4O/c1-12(24)20-15-6-3-7-16(10-15)21-18-11-17(13-4-2-5-13)22-19(23-18)14-8-9-14/h3,6-7,10-11,13-14H,2,4-5,8-9H2,1H3,(H,20,24)(H,21,22,23). The second-order valence-electron chi connectivity index (χ2n) is 6.83. The van der Waals surface area contributed by atoms with Crippen LogP contribution in [0.2, 0.25) is 0 Å². The van der Waals surface area contributed by atoms with E-state index in [4.69, 9.17) is 9.97 Å². The number of carbonyl (C=O) groups is 1. The summed E-state index contributed by atoms with van der Waals surface area (Å²) in [6.07, 6.45) is 6.17. The van der Waals surface area contributed by atoms with Crippen LogP contribution in [0.3, 0.4) is 0 Å². The Kier molecular flexibility index (Phi) is 3.92. The van der Waals surface area contributed by atoms with Gasteiger partial charge in [-0.25, -0.2) is 9.97 Å². The lowest BCUT2D eigenvalue weighted by molar-refractivity contribution is -0.114. The smallest absolute Gasteiger partial charge is 0.221 e. The summed E-state index contributed by atoms with van der Waals surface area (Å²) in [5.74, 6) is 2.90. The minimum atomic E-state index is -0.0718. The van der Waals surface area contributed by atoms with E-state index in [2.05, 4.69) is 16.7 Å². The Hall–Kier alpha value is -2.43. The van der Waals surface area contributed by atoms with Gasteiger partial charge in [-0.15, -0.1) is 0 Å². The quantitative estimate of drug-likeness (QED) is 0.860. The molecule has 1 heterocycles. The largest absolute Gasteiger partial charge is 0.340 e. The van der Waals surface area contributed by atoms with Crippen LogP contribution in [0, 0.1) is 0 Å². The van der Waals surface area contributed by atoms with E-state index in [1.807, 2.05) is 24.3 Å². The number of rotatable bonds is 5. The molecule has 1 amide bonds. The lowest BCUT2D eigenvalue weighted by Gasteiger charge is -2.25. The summed E-state index contributed by atoms with van der Waals surface area (Å²) in [5, 5.41) is 6.19. The van der Waals surface area contributed by atoms with E-state index in [-0.39, 0.29) is 5.91 Å². The molecule has 124 valence electrons. The SMILES string of the molecule is CC(=O)Nc1cccc(Nc2cc(C3CCC3)nc(C3CC3)n2)c1. The Morgan fingerprint density at radius 3 is 2.50 bits per heavy atom. The van der Waals surface area contributed by atoms with Gasteiger partial charge in [0.1, 0.15) is 11.6 Å². The molecular weight excluding hydrogens is 300 g/mol. The number of carbonyl (C=O) groups excluding carboxylic acids is 1. The first-order valence-corrected chi connectivity index (χ1v) is 8.71. The van der Waals surface area contributed by atoms with Crippen molar-refractivity contribution < 1.29 is 4.79 Å². The fourth-order valence-corrected chi connectivity index (χ4v) is 3.01. The maximum absolute atomic E-state index is 11.2. The van der Waals surface area contributed by atoms with E-state index in [0.29, 0.717) is 11.8 Å². The highest BCUT2D eigenvalue weighted by molar-refractivity contribution is 5.89. The van der Waals surface area contributed by atoms with Crippen molar-refractivity contribution in [2.24, 2.45) is 0 Å². The van der Waals surface area contributed by atoms with Gasteiger partial charge in [0.15, 0.2) is 0 Å². The summed E-state index contributed by atoms with van der Waals surface area (Å²) in [7, 11) is 0. The molecule has 5 heteroatoms. The third-order valence-corrected chi connectivity index (χ3v) is 4.68. The normalized spacial score (nSPS) is 17.2. The Balaban J connectivity index is 1.59. The van der Waals surface area contributed by atoms with Gasteiger partial charge in [-0.2, -0.15) is 0 Å². The second-order valence-corrected chi connectivity index (χ2v) is 6.83. The monoisotopic (exact) mass is 322 g/mol. The number of benzene rings is 1. The highest BCUT2D eigenvalue weighted by atomic mass is 16.1. The number of hydrogen-bond donors (Lipinski definition) is 2. The fourth-order valence-electron chi connectivity index (χ4n) is 3.01. The van der Waals surface area contributed by atoms with Gasteiger partial charge in [0.25, 0.3) is 0 Å². The zero-order chi connectivity index (χ0) is 16.5. The van der Waals surface area contributed by atoms with Crippen molar-refractivity contribution in [3.63, 3.8) is 0 Å². The van der Waals surface area contributed by atoms with Crippen LogP contribution >= 0.6 is 0 Å². The highest BCUT2D eigenvalue weighted by Gasteiger charge is 2.29. The number of aromatic nitrogens is 2. The lowest BCUT2D eigenvalue weighted by Crippen LogP contribution is -2.13. The molecule has 0 unspecified atom stereocenters. The first-order chi connectivity index (χ1) is 11.7. The Morgan fingerprint density at radius 1 is 1.04 bits per heavy atom. The molecule has 1 aromatic heterocycles. The van der Waals surface area contributed by atoms with Crippen molar-refractivity contribution in [2.45, 2.75) is 50.9 Å². The summed E-state index contributed by atoms with van der Waals surface area (Å²) in [6.45, 7) is 1.51. The molecule has 2 saturated carbocycles. The van der Waals surface area contributed by atoms with Crippen LogP contribution in [0.1, 0.15) is 62.4 Å². The van der Waals surface area contributed by atoms with Crippen LogP contribution in [0.15, 0.2) is 30.3 Å². The molecule has 0 radical (unpaired) electrons. The number of amides is 1. The lowest BCUT2D eigenvalue weighted by atomic mass is 9.83. The molecule has 2 aliphatic rings. The van der Waals surface area contributed by atoms with Crippen molar-refractivity contribution in [2.75, 3.05) is 10.6 Å². The molecular formula is C19H22N4O. The fraction of sp³-hybridized carbons (Fsp3) is 0.421. The van der Waals surface area contributed by atoms with Gasteiger partial charge in [0.2, 0.25) is 5.91 Å².